The molecule has 0 saturated heterocycles. The minimum absolute atomic E-state index is 0.0377. The number of halogens is 1. The molecule has 192 valence electrons. The van der Waals surface area contributed by atoms with E-state index in [1.54, 1.807) is 19.1 Å². The molecule has 0 heterocycles. The van der Waals surface area contributed by atoms with Gasteiger partial charge in [-0.05, 0) is 56.4 Å². The van der Waals surface area contributed by atoms with Crippen LogP contribution in [0.2, 0.25) is 5.02 Å². The van der Waals surface area contributed by atoms with Crippen LogP contribution in [0.15, 0.2) is 48.5 Å². The van der Waals surface area contributed by atoms with Crippen LogP contribution in [0.4, 0.5) is 5.69 Å². The van der Waals surface area contributed by atoms with Crippen LogP contribution in [0.25, 0.3) is 0 Å². The maximum Gasteiger partial charge on any atom is 0.244 e. The van der Waals surface area contributed by atoms with E-state index in [9.17, 15) is 18.0 Å². The third-order valence-corrected chi connectivity index (χ3v) is 7.35. The SMILES string of the molecule is CC[C@H](C(=O)N[C@@H](C)CC)N(CCc1ccccc1)C(=O)CN(c1cc(Cl)ccc1C)S(C)(=O)=O. The molecule has 1 N–H and O–H groups in total. The average molecular weight is 522 g/mol. The van der Waals surface area contributed by atoms with E-state index in [-0.39, 0.29) is 18.5 Å². The zero-order chi connectivity index (χ0) is 26.2. The zero-order valence-corrected chi connectivity index (χ0v) is 22.7. The number of sulfonamides is 1. The number of hydrogen-bond acceptors (Lipinski definition) is 4. The lowest BCUT2D eigenvalue weighted by Crippen LogP contribution is -2.54. The summed E-state index contributed by atoms with van der Waals surface area (Å²) in [5, 5.41) is 3.33. The molecule has 35 heavy (non-hydrogen) atoms. The molecule has 2 amide bonds. The lowest BCUT2D eigenvalue weighted by Gasteiger charge is -2.33. The van der Waals surface area contributed by atoms with Gasteiger partial charge in [0.05, 0.1) is 11.9 Å². The number of amides is 2. The number of benzene rings is 2. The van der Waals surface area contributed by atoms with Crippen molar-refractivity contribution in [2.45, 2.75) is 59.0 Å². The molecule has 0 aromatic heterocycles. The number of anilines is 1. The molecule has 2 aromatic carbocycles. The van der Waals surface area contributed by atoms with Gasteiger partial charge in [-0.2, -0.15) is 0 Å². The highest BCUT2D eigenvalue weighted by Gasteiger charge is 2.32. The summed E-state index contributed by atoms with van der Waals surface area (Å²) in [7, 11) is -3.80. The van der Waals surface area contributed by atoms with Crippen molar-refractivity contribution in [2.24, 2.45) is 0 Å². The van der Waals surface area contributed by atoms with Gasteiger partial charge in [-0.1, -0.05) is 61.8 Å². The standard InChI is InChI=1S/C26H36ClN3O4S/c1-6-20(4)28-26(32)23(7-2)29(16-15-21-11-9-8-10-12-21)25(31)18-30(35(5,33)34)24-17-22(27)14-13-19(24)3/h8-14,17,20,23H,6-7,15-16,18H2,1-5H3,(H,28,32)/t20-,23+/m0/s1. The van der Waals surface area contributed by atoms with Gasteiger partial charge in [0.25, 0.3) is 0 Å². The summed E-state index contributed by atoms with van der Waals surface area (Å²) < 4.78 is 26.5. The highest BCUT2D eigenvalue weighted by molar-refractivity contribution is 7.92. The number of carbonyl (C=O) groups is 2. The Hall–Kier alpha value is -2.58. The highest BCUT2D eigenvalue weighted by atomic mass is 35.5. The van der Waals surface area contributed by atoms with E-state index in [1.807, 2.05) is 51.1 Å². The molecule has 2 aromatic rings. The highest BCUT2D eigenvalue weighted by Crippen LogP contribution is 2.26. The molecule has 2 atom stereocenters. The summed E-state index contributed by atoms with van der Waals surface area (Å²) in [6, 6.07) is 13.8. The van der Waals surface area contributed by atoms with Gasteiger partial charge in [-0.25, -0.2) is 8.42 Å². The summed E-state index contributed by atoms with van der Waals surface area (Å²) in [5.74, 6) is -0.690. The van der Waals surface area contributed by atoms with Crippen molar-refractivity contribution >= 4 is 39.1 Å². The molecule has 9 heteroatoms. The van der Waals surface area contributed by atoms with E-state index >= 15 is 0 Å². The van der Waals surface area contributed by atoms with E-state index < -0.39 is 28.5 Å². The Morgan fingerprint density at radius 2 is 1.71 bits per heavy atom. The van der Waals surface area contributed by atoms with E-state index in [1.165, 1.54) is 11.0 Å². The fourth-order valence-electron chi connectivity index (χ4n) is 3.78. The molecular weight excluding hydrogens is 486 g/mol. The molecule has 0 fully saturated rings. The summed E-state index contributed by atoms with van der Waals surface area (Å²) in [5.41, 5.74) is 2.03. The van der Waals surface area contributed by atoms with Crippen molar-refractivity contribution in [3.63, 3.8) is 0 Å². The second-order valence-electron chi connectivity index (χ2n) is 8.77. The smallest absolute Gasteiger partial charge is 0.244 e. The second kappa shape index (κ2) is 12.9. The lowest BCUT2D eigenvalue weighted by molar-refractivity contribution is -0.139. The van der Waals surface area contributed by atoms with E-state index in [0.717, 1.165) is 22.5 Å². The van der Waals surface area contributed by atoms with Crippen molar-refractivity contribution < 1.29 is 18.0 Å². The molecule has 0 bridgehead atoms. The molecule has 0 radical (unpaired) electrons. The quantitative estimate of drug-likeness (QED) is 0.454. The van der Waals surface area contributed by atoms with Crippen molar-refractivity contribution in [3.8, 4) is 0 Å². The van der Waals surface area contributed by atoms with Crippen LogP contribution in [0.1, 0.15) is 44.7 Å². The maximum atomic E-state index is 13.7. The van der Waals surface area contributed by atoms with Crippen molar-refractivity contribution in [3.05, 3.63) is 64.7 Å². The van der Waals surface area contributed by atoms with Crippen LogP contribution >= 0.6 is 11.6 Å². The fraction of sp³-hybridized carbons (Fsp3) is 0.462. The van der Waals surface area contributed by atoms with Gasteiger partial charge in [-0.3, -0.25) is 13.9 Å². The van der Waals surface area contributed by atoms with Gasteiger partial charge in [0.2, 0.25) is 21.8 Å². The first kappa shape index (κ1) is 28.7. The Morgan fingerprint density at radius 1 is 1.06 bits per heavy atom. The largest absolute Gasteiger partial charge is 0.352 e. The first-order valence-electron chi connectivity index (χ1n) is 11.9. The van der Waals surface area contributed by atoms with Gasteiger partial charge >= 0.3 is 0 Å². The first-order chi connectivity index (χ1) is 16.5. The van der Waals surface area contributed by atoms with E-state index in [4.69, 9.17) is 11.6 Å². The number of nitrogens with one attached hydrogen (secondary N) is 1. The third kappa shape index (κ3) is 8.25. The number of hydrogen-bond donors (Lipinski definition) is 1. The molecule has 7 nitrogen and oxygen atoms in total. The molecule has 0 aliphatic heterocycles. The van der Waals surface area contributed by atoms with Crippen LogP contribution < -0.4 is 9.62 Å². The monoisotopic (exact) mass is 521 g/mol. The van der Waals surface area contributed by atoms with Crippen molar-refractivity contribution in [1.29, 1.82) is 0 Å². The Bertz CT molecular complexity index is 1110. The first-order valence-corrected chi connectivity index (χ1v) is 14.1. The Kier molecular flexibility index (Phi) is 10.6. The Morgan fingerprint density at radius 3 is 2.29 bits per heavy atom. The lowest BCUT2D eigenvalue weighted by atomic mass is 10.1. The normalized spacial score (nSPS) is 13.1. The Labute approximate surface area is 214 Å². The summed E-state index contributed by atoms with van der Waals surface area (Å²) in [4.78, 5) is 28.3. The van der Waals surface area contributed by atoms with Gasteiger partial charge in [0, 0.05) is 17.6 Å². The molecular formula is C26H36ClN3O4S. The van der Waals surface area contributed by atoms with Gasteiger partial charge < -0.3 is 10.2 Å². The number of nitrogens with zero attached hydrogens (tertiary/aromatic N) is 2. The molecule has 0 aliphatic carbocycles. The molecule has 0 aliphatic rings. The predicted molar refractivity (Wildman–Crippen MR) is 142 cm³/mol. The van der Waals surface area contributed by atoms with Gasteiger partial charge in [0.1, 0.15) is 12.6 Å². The molecule has 0 unspecified atom stereocenters. The molecule has 0 spiro atoms. The third-order valence-electron chi connectivity index (χ3n) is 5.99. The van der Waals surface area contributed by atoms with Crippen molar-refractivity contribution in [2.75, 3.05) is 23.7 Å². The topological polar surface area (TPSA) is 86.8 Å². The fourth-order valence-corrected chi connectivity index (χ4v) is 4.85. The summed E-state index contributed by atoms with van der Waals surface area (Å²) >= 11 is 6.13. The van der Waals surface area contributed by atoms with Crippen LogP contribution in [0, 0.1) is 6.92 Å². The number of aryl methyl sites for hydroxylation is 1. The van der Waals surface area contributed by atoms with Gasteiger partial charge in [0.15, 0.2) is 0 Å². The number of rotatable bonds is 12. The predicted octanol–water partition coefficient (Wildman–Crippen LogP) is 4.18. The summed E-state index contributed by atoms with van der Waals surface area (Å²) in [6.45, 7) is 7.34. The second-order valence-corrected chi connectivity index (χ2v) is 11.1. The molecule has 0 saturated carbocycles. The van der Waals surface area contributed by atoms with Gasteiger partial charge in [-0.15, -0.1) is 0 Å². The minimum Gasteiger partial charge on any atom is -0.352 e. The number of carbonyl (C=O) groups excluding carboxylic acids is 2. The van der Waals surface area contributed by atoms with Crippen LogP contribution in [0.5, 0.6) is 0 Å². The zero-order valence-electron chi connectivity index (χ0n) is 21.1. The Balaban J connectivity index is 2.40. The van der Waals surface area contributed by atoms with Crippen LogP contribution in [-0.4, -0.2) is 56.6 Å². The minimum atomic E-state index is -3.80. The van der Waals surface area contributed by atoms with Crippen LogP contribution in [0.3, 0.4) is 0 Å². The van der Waals surface area contributed by atoms with E-state index in [0.29, 0.717) is 29.1 Å². The average Bonchev–Trinajstić information content (AvgIpc) is 2.81. The summed E-state index contributed by atoms with van der Waals surface area (Å²) in [6.07, 6.45) is 2.75. The maximum absolute atomic E-state index is 13.7. The molecule has 2 rings (SSSR count). The van der Waals surface area contributed by atoms with E-state index in [2.05, 4.69) is 5.32 Å². The van der Waals surface area contributed by atoms with Crippen LogP contribution in [-0.2, 0) is 26.0 Å². The van der Waals surface area contributed by atoms with Crippen molar-refractivity contribution in [1.82, 2.24) is 10.2 Å².